The number of aromatic amines is 1. The molecule has 1 aliphatic rings. The van der Waals surface area contributed by atoms with E-state index in [1.807, 2.05) is 6.92 Å². The Labute approximate surface area is 138 Å². The van der Waals surface area contributed by atoms with Crippen molar-refractivity contribution in [3.8, 4) is 0 Å². The van der Waals surface area contributed by atoms with Crippen molar-refractivity contribution >= 4 is 11.8 Å². The third-order valence-corrected chi connectivity index (χ3v) is 4.35. The molecule has 0 fully saturated rings. The highest BCUT2D eigenvalue weighted by molar-refractivity contribution is 5.96. The molecule has 24 heavy (non-hydrogen) atoms. The van der Waals surface area contributed by atoms with Gasteiger partial charge in [0.15, 0.2) is 5.69 Å². The summed E-state index contributed by atoms with van der Waals surface area (Å²) in [5.41, 5.74) is 8.08. The van der Waals surface area contributed by atoms with Gasteiger partial charge in [0.05, 0.1) is 12.1 Å². The Morgan fingerprint density at radius 3 is 2.79 bits per heavy atom. The second kappa shape index (κ2) is 5.95. The number of rotatable bonds is 3. The first kappa shape index (κ1) is 16.0. The Hall–Kier alpha value is -2.90. The maximum absolute atomic E-state index is 12.8. The highest BCUT2D eigenvalue weighted by atomic mass is 16.2. The van der Waals surface area contributed by atoms with Gasteiger partial charge in [-0.25, -0.2) is 0 Å². The average molecular weight is 329 g/mol. The molecule has 2 aromatic heterocycles. The fourth-order valence-electron chi connectivity index (χ4n) is 3.13. The first-order valence-electron chi connectivity index (χ1n) is 7.78. The van der Waals surface area contributed by atoms with Crippen molar-refractivity contribution in [1.29, 1.82) is 0 Å². The van der Waals surface area contributed by atoms with Crippen LogP contribution in [0.1, 0.15) is 44.7 Å². The summed E-state index contributed by atoms with van der Waals surface area (Å²) in [6.07, 6.45) is 1.15. The van der Waals surface area contributed by atoms with E-state index in [2.05, 4.69) is 10.1 Å². The zero-order valence-electron chi connectivity index (χ0n) is 13.6. The third-order valence-electron chi connectivity index (χ3n) is 4.35. The highest BCUT2D eigenvalue weighted by Crippen LogP contribution is 2.23. The number of aryl methyl sites for hydroxylation is 2. The van der Waals surface area contributed by atoms with Gasteiger partial charge in [-0.2, -0.15) is 5.10 Å². The van der Waals surface area contributed by atoms with E-state index in [1.54, 1.807) is 22.7 Å². The Balaban J connectivity index is 1.94. The molecule has 3 heterocycles. The van der Waals surface area contributed by atoms with Gasteiger partial charge in [-0.3, -0.25) is 19.1 Å². The highest BCUT2D eigenvalue weighted by Gasteiger charge is 2.29. The zero-order valence-corrected chi connectivity index (χ0v) is 13.6. The van der Waals surface area contributed by atoms with Gasteiger partial charge in [0.25, 0.3) is 11.8 Å². The summed E-state index contributed by atoms with van der Waals surface area (Å²) in [5.74, 6) is -0.771. The minimum atomic E-state index is -0.598. The zero-order chi connectivity index (χ0) is 17.4. The normalized spacial score (nSPS) is 13.7. The van der Waals surface area contributed by atoms with Gasteiger partial charge in [0.1, 0.15) is 0 Å². The number of fused-ring (bicyclic) bond motifs is 1. The number of hydrogen-bond donors (Lipinski definition) is 2. The first-order chi connectivity index (χ1) is 11.4. The maximum Gasteiger partial charge on any atom is 0.269 e. The van der Waals surface area contributed by atoms with Crippen LogP contribution in [0.25, 0.3) is 0 Å². The molecule has 0 saturated carbocycles. The number of primary amides is 1. The molecule has 3 rings (SSSR count). The predicted molar refractivity (Wildman–Crippen MR) is 86.6 cm³/mol. The summed E-state index contributed by atoms with van der Waals surface area (Å²) in [5, 5.41) is 4.16. The largest absolute Gasteiger partial charge is 0.364 e. The second-order valence-electron chi connectivity index (χ2n) is 5.81. The monoisotopic (exact) mass is 329 g/mol. The number of pyridine rings is 1. The molecule has 0 bridgehead atoms. The van der Waals surface area contributed by atoms with Crippen molar-refractivity contribution in [3.63, 3.8) is 0 Å². The molecule has 0 unspecified atom stereocenters. The van der Waals surface area contributed by atoms with Crippen LogP contribution in [0.4, 0.5) is 0 Å². The van der Waals surface area contributed by atoms with E-state index in [-0.39, 0.29) is 23.7 Å². The van der Waals surface area contributed by atoms with Crippen LogP contribution in [0, 0.1) is 0 Å². The summed E-state index contributed by atoms with van der Waals surface area (Å²) in [7, 11) is 1.76. The molecule has 0 aromatic carbocycles. The topological polar surface area (TPSA) is 114 Å². The van der Waals surface area contributed by atoms with E-state index >= 15 is 0 Å². The molecule has 126 valence electrons. The Kier molecular flexibility index (Phi) is 3.96. The minimum Gasteiger partial charge on any atom is -0.364 e. The van der Waals surface area contributed by atoms with Crippen molar-refractivity contribution in [3.05, 3.63) is 50.7 Å². The van der Waals surface area contributed by atoms with Crippen LogP contribution in [0.2, 0.25) is 0 Å². The fourth-order valence-corrected chi connectivity index (χ4v) is 3.13. The molecular formula is C16H19N5O3. The molecule has 3 N–H and O–H groups in total. The number of hydrogen-bond acceptors (Lipinski definition) is 4. The lowest BCUT2D eigenvalue weighted by Gasteiger charge is -2.28. The fraction of sp³-hybridized carbons (Fsp3) is 0.375. The van der Waals surface area contributed by atoms with Gasteiger partial charge in [0, 0.05) is 43.0 Å². The number of carbonyl (C=O) groups excluding carboxylic acids is 2. The van der Waals surface area contributed by atoms with Gasteiger partial charge in [-0.15, -0.1) is 0 Å². The van der Waals surface area contributed by atoms with Crippen LogP contribution in [-0.4, -0.2) is 38.0 Å². The molecule has 0 radical (unpaired) electrons. The number of nitrogens with two attached hydrogens (primary N) is 1. The third kappa shape index (κ3) is 2.60. The lowest BCUT2D eigenvalue weighted by Crippen LogP contribution is -2.37. The van der Waals surface area contributed by atoms with Crippen LogP contribution >= 0.6 is 0 Å². The summed E-state index contributed by atoms with van der Waals surface area (Å²) in [6.45, 7) is 2.68. The van der Waals surface area contributed by atoms with Gasteiger partial charge in [-0.05, 0) is 12.5 Å². The van der Waals surface area contributed by atoms with Gasteiger partial charge < -0.3 is 15.6 Å². The van der Waals surface area contributed by atoms with Crippen LogP contribution in [0.5, 0.6) is 0 Å². The Morgan fingerprint density at radius 2 is 2.12 bits per heavy atom. The van der Waals surface area contributed by atoms with Crippen molar-refractivity contribution in [2.24, 2.45) is 12.8 Å². The smallest absolute Gasteiger partial charge is 0.269 e. The quantitative estimate of drug-likeness (QED) is 0.823. The second-order valence-corrected chi connectivity index (χ2v) is 5.81. The van der Waals surface area contributed by atoms with Gasteiger partial charge in [-0.1, -0.05) is 6.92 Å². The maximum atomic E-state index is 12.8. The van der Waals surface area contributed by atoms with E-state index < -0.39 is 5.91 Å². The van der Waals surface area contributed by atoms with Gasteiger partial charge >= 0.3 is 0 Å². The number of nitrogens with zero attached hydrogens (tertiary/aromatic N) is 3. The van der Waals surface area contributed by atoms with Gasteiger partial charge in [0.2, 0.25) is 5.56 Å². The van der Waals surface area contributed by atoms with Crippen molar-refractivity contribution in [1.82, 2.24) is 19.7 Å². The molecule has 0 aliphatic carbocycles. The molecule has 0 atom stereocenters. The molecular weight excluding hydrogens is 310 g/mol. The van der Waals surface area contributed by atoms with E-state index in [4.69, 9.17) is 5.73 Å². The van der Waals surface area contributed by atoms with Crippen molar-refractivity contribution in [2.45, 2.75) is 26.3 Å². The standard InChI is InChI=1S/C16H19N5O3/c1-3-11-9(4-5-13(22)18-11)16(24)21-7-6-12-10(8-21)14(15(17)23)19-20(12)2/h4-5H,3,6-8H2,1-2H3,(H2,17,23)(H,18,22). The van der Waals surface area contributed by atoms with Crippen LogP contribution in [-0.2, 0) is 26.4 Å². The molecule has 8 nitrogen and oxygen atoms in total. The van der Waals surface area contributed by atoms with Crippen molar-refractivity contribution < 1.29 is 9.59 Å². The number of aromatic nitrogens is 3. The van der Waals surface area contributed by atoms with E-state index in [1.165, 1.54) is 6.07 Å². The van der Waals surface area contributed by atoms with Crippen LogP contribution in [0.3, 0.4) is 0 Å². The van der Waals surface area contributed by atoms with E-state index in [9.17, 15) is 14.4 Å². The van der Waals surface area contributed by atoms with Crippen LogP contribution in [0.15, 0.2) is 16.9 Å². The van der Waals surface area contributed by atoms with E-state index in [0.29, 0.717) is 36.2 Å². The molecule has 0 spiro atoms. The summed E-state index contributed by atoms with van der Waals surface area (Å²) < 4.78 is 1.65. The molecule has 1 aliphatic heterocycles. The summed E-state index contributed by atoms with van der Waals surface area (Å²) >= 11 is 0. The number of nitrogens with one attached hydrogen (secondary N) is 1. The SMILES string of the molecule is CCc1[nH]c(=O)ccc1C(=O)N1CCc2c(c(C(N)=O)nn2C)C1. The molecule has 8 heteroatoms. The van der Waals surface area contributed by atoms with Crippen molar-refractivity contribution in [2.75, 3.05) is 6.54 Å². The lowest BCUT2D eigenvalue weighted by atomic mass is 10.0. The summed E-state index contributed by atoms with van der Waals surface area (Å²) in [4.78, 5) is 40.2. The van der Waals surface area contributed by atoms with E-state index in [0.717, 1.165) is 5.69 Å². The minimum absolute atomic E-state index is 0.173. The lowest BCUT2D eigenvalue weighted by molar-refractivity contribution is 0.0729. The predicted octanol–water partition coefficient (Wildman–Crippen LogP) is -0.0318. The first-order valence-corrected chi connectivity index (χ1v) is 7.78. The van der Waals surface area contributed by atoms with Crippen LogP contribution < -0.4 is 11.3 Å². The molecule has 2 amide bonds. The Morgan fingerprint density at radius 1 is 1.38 bits per heavy atom. The number of carbonyl (C=O) groups is 2. The molecule has 2 aromatic rings. The average Bonchev–Trinajstić information content (AvgIpc) is 2.90. The molecule has 0 saturated heterocycles. The number of H-pyrrole nitrogens is 1. The number of amides is 2. The Bertz CT molecular complexity index is 880. The summed E-state index contributed by atoms with van der Waals surface area (Å²) in [6, 6.07) is 2.90.